The van der Waals surface area contributed by atoms with Crippen molar-refractivity contribution < 1.29 is 0 Å². The second-order valence-electron chi connectivity index (χ2n) is 4.46. The van der Waals surface area contributed by atoms with E-state index >= 15 is 0 Å². The lowest BCUT2D eigenvalue weighted by molar-refractivity contribution is 0.800. The third kappa shape index (κ3) is 1.70. The van der Waals surface area contributed by atoms with E-state index in [1.54, 1.807) is 6.20 Å². The first-order chi connectivity index (χ1) is 8.79. The molecule has 0 atom stereocenters. The molecular formula is C14H16N4. The molecular weight excluding hydrogens is 224 g/mol. The van der Waals surface area contributed by atoms with Crippen LogP contribution in [0.2, 0.25) is 0 Å². The number of para-hydroxylation sites is 1. The van der Waals surface area contributed by atoms with Gasteiger partial charge in [0, 0.05) is 25.9 Å². The lowest BCUT2D eigenvalue weighted by Gasteiger charge is -2.03. The van der Waals surface area contributed by atoms with E-state index in [1.165, 1.54) is 11.1 Å². The zero-order valence-electron chi connectivity index (χ0n) is 10.7. The van der Waals surface area contributed by atoms with Crippen molar-refractivity contribution in [3.05, 3.63) is 48.3 Å². The van der Waals surface area contributed by atoms with Gasteiger partial charge in [-0.05, 0) is 11.6 Å². The summed E-state index contributed by atoms with van der Waals surface area (Å²) in [7, 11) is 2.08. The van der Waals surface area contributed by atoms with Crippen molar-refractivity contribution in [1.82, 2.24) is 19.1 Å². The van der Waals surface area contributed by atoms with Crippen molar-refractivity contribution in [2.75, 3.05) is 0 Å². The molecule has 0 N–H and O–H groups in total. The van der Waals surface area contributed by atoms with Gasteiger partial charge in [0.15, 0.2) is 0 Å². The summed E-state index contributed by atoms with van der Waals surface area (Å²) in [5.74, 6) is 1.13. The number of hydrogen-bond donors (Lipinski definition) is 0. The van der Waals surface area contributed by atoms with Crippen LogP contribution in [0.3, 0.4) is 0 Å². The fraction of sp³-hybridized carbons (Fsp3) is 0.286. The molecule has 3 aromatic rings. The third-order valence-corrected chi connectivity index (χ3v) is 3.32. The molecule has 4 heteroatoms. The molecule has 0 saturated heterocycles. The van der Waals surface area contributed by atoms with Crippen LogP contribution in [0, 0.1) is 0 Å². The Morgan fingerprint density at radius 2 is 2.17 bits per heavy atom. The van der Waals surface area contributed by atoms with Crippen molar-refractivity contribution in [1.29, 1.82) is 0 Å². The van der Waals surface area contributed by atoms with Gasteiger partial charge >= 0.3 is 0 Å². The number of aryl methyl sites for hydroxylation is 2. The van der Waals surface area contributed by atoms with Gasteiger partial charge in [-0.25, -0.2) is 9.97 Å². The van der Waals surface area contributed by atoms with Crippen LogP contribution in [0.15, 0.2) is 36.9 Å². The van der Waals surface area contributed by atoms with Gasteiger partial charge in [-0.2, -0.15) is 0 Å². The van der Waals surface area contributed by atoms with Crippen LogP contribution in [-0.4, -0.2) is 19.1 Å². The van der Waals surface area contributed by atoms with Gasteiger partial charge in [0.2, 0.25) is 0 Å². The number of hydrogen-bond acceptors (Lipinski definition) is 2. The van der Waals surface area contributed by atoms with E-state index in [0.717, 1.165) is 24.3 Å². The van der Waals surface area contributed by atoms with Crippen molar-refractivity contribution >= 4 is 11.0 Å². The molecule has 92 valence electrons. The Balaban J connectivity index is 2.12. The van der Waals surface area contributed by atoms with Crippen molar-refractivity contribution in [3.63, 3.8) is 0 Å². The molecule has 0 aliphatic heterocycles. The van der Waals surface area contributed by atoms with E-state index in [-0.39, 0.29) is 0 Å². The van der Waals surface area contributed by atoms with E-state index in [4.69, 9.17) is 4.98 Å². The van der Waals surface area contributed by atoms with Gasteiger partial charge in [-0.15, -0.1) is 0 Å². The summed E-state index contributed by atoms with van der Waals surface area (Å²) in [6.45, 7) is 2.95. The Hall–Kier alpha value is -2.10. The van der Waals surface area contributed by atoms with Crippen molar-refractivity contribution in [2.24, 2.45) is 7.05 Å². The highest BCUT2D eigenvalue weighted by Crippen LogP contribution is 2.20. The molecule has 0 aliphatic carbocycles. The molecule has 0 amide bonds. The van der Waals surface area contributed by atoms with Crippen LogP contribution in [0.4, 0.5) is 0 Å². The highest BCUT2D eigenvalue weighted by molar-refractivity contribution is 5.79. The standard InChI is InChI=1S/C14H16N4/c1-3-13-16-14-11(9-18-8-7-15-10-18)5-4-6-12(14)17(13)2/h4-8,10H,3,9H2,1-2H3. The molecule has 3 rings (SSSR count). The summed E-state index contributed by atoms with van der Waals surface area (Å²) in [4.78, 5) is 8.82. The number of benzene rings is 1. The fourth-order valence-electron chi connectivity index (χ4n) is 2.34. The molecule has 18 heavy (non-hydrogen) atoms. The maximum atomic E-state index is 4.74. The van der Waals surface area contributed by atoms with E-state index in [2.05, 4.69) is 46.3 Å². The zero-order valence-corrected chi connectivity index (χ0v) is 10.7. The topological polar surface area (TPSA) is 35.6 Å². The quantitative estimate of drug-likeness (QED) is 0.704. The lowest BCUT2D eigenvalue weighted by atomic mass is 10.2. The van der Waals surface area contributed by atoms with Gasteiger partial charge in [0.1, 0.15) is 5.82 Å². The summed E-state index contributed by atoms with van der Waals surface area (Å²) in [6, 6.07) is 6.35. The minimum Gasteiger partial charge on any atom is -0.333 e. The van der Waals surface area contributed by atoms with Crippen LogP contribution in [0.5, 0.6) is 0 Å². The average Bonchev–Trinajstić information content (AvgIpc) is 2.99. The zero-order chi connectivity index (χ0) is 12.5. The Kier molecular flexibility index (Phi) is 2.63. The normalized spacial score (nSPS) is 11.2. The predicted octanol–water partition coefficient (Wildman–Crippen LogP) is 2.38. The maximum absolute atomic E-state index is 4.74. The number of rotatable bonds is 3. The Morgan fingerprint density at radius 3 is 2.89 bits per heavy atom. The van der Waals surface area contributed by atoms with Crippen molar-refractivity contribution in [3.8, 4) is 0 Å². The predicted molar refractivity (Wildman–Crippen MR) is 71.4 cm³/mol. The van der Waals surface area contributed by atoms with Crippen LogP contribution < -0.4 is 0 Å². The second-order valence-corrected chi connectivity index (χ2v) is 4.46. The first kappa shape index (κ1) is 11.0. The van der Waals surface area contributed by atoms with E-state index in [9.17, 15) is 0 Å². The van der Waals surface area contributed by atoms with Crippen LogP contribution in [0.1, 0.15) is 18.3 Å². The summed E-state index contributed by atoms with van der Waals surface area (Å²) >= 11 is 0. The van der Waals surface area contributed by atoms with E-state index in [0.29, 0.717) is 0 Å². The molecule has 0 aliphatic rings. The Bertz CT molecular complexity index is 664. The van der Waals surface area contributed by atoms with Gasteiger partial charge in [0.05, 0.1) is 23.9 Å². The van der Waals surface area contributed by atoms with E-state index < -0.39 is 0 Å². The first-order valence-corrected chi connectivity index (χ1v) is 6.18. The van der Waals surface area contributed by atoms with Crippen molar-refractivity contribution in [2.45, 2.75) is 19.9 Å². The van der Waals surface area contributed by atoms with Gasteiger partial charge in [-0.1, -0.05) is 19.1 Å². The molecule has 0 saturated carbocycles. The number of aromatic nitrogens is 4. The Labute approximate surface area is 106 Å². The maximum Gasteiger partial charge on any atom is 0.109 e. The number of fused-ring (bicyclic) bond motifs is 1. The molecule has 0 radical (unpaired) electrons. The molecule has 2 heterocycles. The summed E-state index contributed by atoms with van der Waals surface area (Å²) in [5.41, 5.74) is 3.54. The lowest BCUT2D eigenvalue weighted by Crippen LogP contribution is -1.97. The summed E-state index contributed by atoms with van der Waals surface area (Å²) < 4.78 is 4.24. The Morgan fingerprint density at radius 1 is 1.28 bits per heavy atom. The van der Waals surface area contributed by atoms with Gasteiger partial charge in [0.25, 0.3) is 0 Å². The molecule has 0 spiro atoms. The SMILES string of the molecule is CCc1nc2c(Cn3ccnc3)cccc2n1C. The second kappa shape index (κ2) is 4.29. The van der Waals surface area contributed by atoms with Crippen LogP contribution in [-0.2, 0) is 20.0 Å². The fourth-order valence-corrected chi connectivity index (χ4v) is 2.34. The van der Waals surface area contributed by atoms with Gasteiger partial charge < -0.3 is 9.13 Å². The molecule has 1 aromatic carbocycles. The largest absolute Gasteiger partial charge is 0.333 e. The van der Waals surface area contributed by atoms with Gasteiger partial charge in [-0.3, -0.25) is 0 Å². The minimum atomic E-state index is 0.817. The highest BCUT2D eigenvalue weighted by Gasteiger charge is 2.09. The average molecular weight is 240 g/mol. The minimum absolute atomic E-state index is 0.817. The summed E-state index contributed by atoms with van der Waals surface area (Å²) in [5, 5.41) is 0. The monoisotopic (exact) mass is 240 g/mol. The molecule has 0 unspecified atom stereocenters. The molecule has 0 fully saturated rings. The summed E-state index contributed by atoms with van der Waals surface area (Å²) in [6.07, 6.45) is 6.57. The third-order valence-electron chi connectivity index (χ3n) is 3.32. The first-order valence-electron chi connectivity index (χ1n) is 6.18. The molecule has 2 aromatic heterocycles. The van der Waals surface area contributed by atoms with E-state index in [1.807, 2.05) is 12.5 Å². The number of nitrogens with zero attached hydrogens (tertiary/aromatic N) is 4. The molecule has 0 bridgehead atoms. The molecule has 4 nitrogen and oxygen atoms in total. The highest BCUT2D eigenvalue weighted by atomic mass is 15.1. The smallest absolute Gasteiger partial charge is 0.109 e. The number of imidazole rings is 2. The van der Waals surface area contributed by atoms with Crippen LogP contribution >= 0.6 is 0 Å². The van der Waals surface area contributed by atoms with Crippen LogP contribution in [0.25, 0.3) is 11.0 Å².